The summed E-state index contributed by atoms with van der Waals surface area (Å²) < 4.78 is 6.53. The summed E-state index contributed by atoms with van der Waals surface area (Å²) in [4.78, 5) is 11.7. The highest BCUT2D eigenvalue weighted by Crippen LogP contribution is 2.16. The highest BCUT2D eigenvalue weighted by molar-refractivity contribution is 9.10. The van der Waals surface area contributed by atoms with Crippen LogP contribution in [-0.4, -0.2) is 19.2 Å². The lowest BCUT2D eigenvalue weighted by Crippen LogP contribution is -2.32. The number of nitrogens with one attached hydrogen (secondary N) is 2. The number of anilines is 1. The summed E-state index contributed by atoms with van der Waals surface area (Å²) in [6.45, 7) is 2.85. The molecule has 0 saturated carbocycles. The maximum atomic E-state index is 11.7. The summed E-state index contributed by atoms with van der Waals surface area (Å²) in [6.07, 6.45) is 0. The Hall–Kier alpha value is -2.01. The van der Waals surface area contributed by atoms with E-state index in [4.69, 9.17) is 4.74 Å². The number of rotatable bonds is 5. The van der Waals surface area contributed by atoms with Gasteiger partial charge in [0.1, 0.15) is 12.4 Å². The molecule has 2 amide bonds. The van der Waals surface area contributed by atoms with Gasteiger partial charge < -0.3 is 15.4 Å². The number of ether oxygens (including phenoxy) is 1. The van der Waals surface area contributed by atoms with E-state index in [1.165, 1.54) is 0 Å². The quantitative estimate of drug-likeness (QED) is 0.803. The van der Waals surface area contributed by atoms with Crippen LogP contribution >= 0.6 is 15.9 Å². The molecule has 0 atom stereocenters. The van der Waals surface area contributed by atoms with E-state index in [0.717, 1.165) is 21.5 Å². The number of carbonyl (C=O) groups is 1. The van der Waals surface area contributed by atoms with Crippen molar-refractivity contribution in [3.05, 3.63) is 58.6 Å². The van der Waals surface area contributed by atoms with Crippen LogP contribution in [0.2, 0.25) is 0 Å². The first-order chi connectivity index (χ1) is 10.1. The Morgan fingerprint density at radius 2 is 2.00 bits per heavy atom. The smallest absolute Gasteiger partial charge is 0.319 e. The summed E-state index contributed by atoms with van der Waals surface area (Å²) in [5.74, 6) is 0.840. The summed E-state index contributed by atoms with van der Waals surface area (Å²) in [5, 5.41) is 5.51. The largest absolute Gasteiger partial charge is 0.491 e. The zero-order valence-corrected chi connectivity index (χ0v) is 13.3. The highest BCUT2D eigenvalue weighted by atomic mass is 79.9. The van der Waals surface area contributed by atoms with Gasteiger partial charge in [0, 0.05) is 10.2 Å². The second-order valence-electron chi connectivity index (χ2n) is 4.51. The standard InChI is InChI=1S/C16H17BrN2O2/c1-12-5-2-3-8-15(12)21-10-9-18-16(20)19-14-7-4-6-13(17)11-14/h2-8,11H,9-10H2,1H3,(H2,18,19,20). The van der Waals surface area contributed by atoms with Crippen molar-refractivity contribution in [2.24, 2.45) is 0 Å². The predicted molar refractivity (Wildman–Crippen MR) is 87.8 cm³/mol. The van der Waals surface area contributed by atoms with Gasteiger partial charge in [-0.15, -0.1) is 0 Å². The number of urea groups is 1. The van der Waals surface area contributed by atoms with Gasteiger partial charge >= 0.3 is 6.03 Å². The fourth-order valence-electron chi connectivity index (χ4n) is 1.79. The van der Waals surface area contributed by atoms with Crippen molar-refractivity contribution in [3.63, 3.8) is 0 Å². The predicted octanol–water partition coefficient (Wildman–Crippen LogP) is 3.96. The van der Waals surface area contributed by atoms with Gasteiger partial charge in [-0.05, 0) is 36.8 Å². The minimum absolute atomic E-state index is 0.249. The van der Waals surface area contributed by atoms with E-state index in [2.05, 4.69) is 26.6 Å². The zero-order valence-electron chi connectivity index (χ0n) is 11.7. The molecule has 0 unspecified atom stereocenters. The lowest BCUT2D eigenvalue weighted by molar-refractivity contribution is 0.247. The highest BCUT2D eigenvalue weighted by Gasteiger charge is 2.02. The van der Waals surface area contributed by atoms with E-state index in [-0.39, 0.29) is 6.03 Å². The minimum atomic E-state index is -0.249. The molecule has 0 aliphatic heterocycles. The Balaban J connectivity index is 1.71. The molecule has 0 saturated heterocycles. The zero-order chi connectivity index (χ0) is 15.1. The van der Waals surface area contributed by atoms with Crippen LogP contribution in [0.3, 0.4) is 0 Å². The van der Waals surface area contributed by atoms with Gasteiger partial charge in [-0.25, -0.2) is 4.79 Å². The van der Waals surface area contributed by atoms with Crippen LogP contribution < -0.4 is 15.4 Å². The van der Waals surface area contributed by atoms with Crippen molar-refractivity contribution in [3.8, 4) is 5.75 Å². The molecule has 0 heterocycles. The molecule has 2 aromatic carbocycles. The third kappa shape index (κ3) is 5.11. The van der Waals surface area contributed by atoms with E-state index in [9.17, 15) is 4.79 Å². The van der Waals surface area contributed by atoms with Crippen molar-refractivity contribution in [2.45, 2.75) is 6.92 Å². The van der Waals surface area contributed by atoms with E-state index in [1.54, 1.807) is 0 Å². The second-order valence-corrected chi connectivity index (χ2v) is 5.42. The Labute approximate surface area is 132 Å². The monoisotopic (exact) mass is 348 g/mol. The first-order valence-electron chi connectivity index (χ1n) is 6.64. The van der Waals surface area contributed by atoms with Gasteiger partial charge in [-0.3, -0.25) is 0 Å². The SMILES string of the molecule is Cc1ccccc1OCCNC(=O)Nc1cccc(Br)c1. The third-order valence-electron chi connectivity index (χ3n) is 2.82. The number of hydrogen-bond donors (Lipinski definition) is 2. The average molecular weight is 349 g/mol. The summed E-state index contributed by atoms with van der Waals surface area (Å²) >= 11 is 3.36. The molecule has 2 N–H and O–H groups in total. The van der Waals surface area contributed by atoms with Crippen LogP contribution in [0.25, 0.3) is 0 Å². The van der Waals surface area contributed by atoms with Crippen LogP contribution in [0.5, 0.6) is 5.75 Å². The molecule has 21 heavy (non-hydrogen) atoms. The Morgan fingerprint density at radius 1 is 1.19 bits per heavy atom. The molecular weight excluding hydrogens is 332 g/mol. The van der Waals surface area contributed by atoms with Gasteiger partial charge in [-0.1, -0.05) is 40.2 Å². The van der Waals surface area contributed by atoms with Crippen molar-refractivity contribution in [1.29, 1.82) is 0 Å². The number of benzene rings is 2. The van der Waals surface area contributed by atoms with Gasteiger partial charge in [0.15, 0.2) is 0 Å². The summed E-state index contributed by atoms with van der Waals surface area (Å²) in [5.41, 5.74) is 1.82. The minimum Gasteiger partial charge on any atom is -0.491 e. The normalized spacial score (nSPS) is 10.0. The lowest BCUT2D eigenvalue weighted by atomic mass is 10.2. The molecule has 0 aliphatic rings. The molecule has 0 bridgehead atoms. The molecule has 110 valence electrons. The number of halogens is 1. The van der Waals surface area contributed by atoms with E-state index in [0.29, 0.717) is 13.2 Å². The molecule has 0 aliphatic carbocycles. The Morgan fingerprint density at radius 3 is 2.76 bits per heavy atom. The second kappa shape index (κ2) is 7.69. The van der Waals surface area contributed by atoms with Crippen LogP contribution in [-0.2, 0) is 0 Å². The van der Waals surface area contributed by atoms with E-state index in [1.807, 2.05) is 55.5 Å². The first-order valence-corrected chi connectivity index (χ1v) is 7.43. The molecule has 2 aromatic rings. The number of aryl methyl sites for hydroxylation is 1. The number of para-hydroxylation sites is 1. The molecule has 4 nitrogen and oxygen atoms in total. The van der Waals surface area contributed by atoms with Crippen molar-refractivity contribution < 1.29 is 9.53 Å². The number of carbonyl (C=O) groups excluding carboxylic acids is 1. The van der Waals surface area contributed by atoms with Crippen LogP contribution in [0, 0.1) is 6.92 Å². The molecule has 2 rings (SSSR count). The third-order valence-corrected chi connectivity index (χ3v) is 3.31. The van der Waals surface area contributed by atoms with Gasteiger partial charge in [-0.2, -0.15) is 0 Å². The van der Waals surface area contributed by atoms with Crippen LogP contribution in [0.1, 0.15) is 5.56 Å². The van der Waals surface area contributed by atoms with Gasteiger partial charge in [0.25, 0.3) is 0 Å². The molecule has 0 fully saturated rings. The topological polar surface area (TPSA) is 50.4 Å². The van der Waals surface area contributed by atoms with Crippen molar-refractivity contribution in [1.82, 2.24) is 5.32 Å². The Bertz CT molecular complexity index is 617. The van der Waals surface area contributed by atoms with Gasteiger partial charge in [0.05, 0.1) is 6.54 Å². The fourth-order valence-corrected chi connectivity index (χ4v) is 2.18. The van der Waals surface area contributed by atoms with E-state index >= 15 is 0 Å². The Kier molecular flexibility index (Phi) is 5.63. The van der Waals surface area contributed by atoms with Crippen LogP contribution in [0.15, 0.2) is 53.0 Å². The average Bonchev–Trinajstić information content (AvgIpc) is 2.45. The molecule has 0 spiro atoms. The molecule has 5 heteroatoms. The van der Waals surface area contributed by atoms with E-state index < -0.39 is 0 Å². The summed E-state index contributed by atoms with van der Waals surface area (Å²) in [6, 6.07) is 15.0. The summed E-state index contributed by atoms with van der Waals surface area (Å²) in [7, 11) is 0. The molecular formula is C16H17BrN2O2. The van der Waals surface area contributed by atoms with Crippen molar-refractivity contribution in [2.75, 3.05) is 18.5 Å². The number of hydrogen-bond acceptors (Lipinski definition) is 2. The first kappa shape index (κ1) is 15.4. The number of amides is 2. The van der Waals surface area contributed by atoms with Gasteiger partial charge in [0.2, 0.25) is 0 Å². The lowest BCUT2D eigenvalue weighted by Gasteiger charge is -2.10. The van der Waals surface area contributed by atoms with Crippen LogP contribution in [0.4, 0.5) is 10.5 Å². The van der Waals surface area contributed by atoms with Crippen molar-refractivity contribution >= 4 is 27.6 Å². The maximum Gasteiger partial charge on any atom is 0.319 e. The fraction of sp³-hybridized carbons (Fsp3) is 0.188. The molecule has 0 aromatic heterocycles. The molecule has 0 radical (unpaired) electrons. The maximum absolute atomic E-state index is 11.7.